The van der Waals surface area contributed by atoms with Crippen LogP contribution < -0.4 is 15.2 Å². The maximum atomic E-state index is 14.2. The third-order valence-corrected chi connectivity index (χ3v) is 4.28. The number of carbonyl (C=O) groups excluding carboxylic acids is 2. The third kappa shape index (κ3) is 10.5. The summed E-state index contributed by atoms with van der Waals surface area (Å²) in [4.78, 5) is 40.9. The van der Waals surface area contributed by atoms with Crippen molar-refractivity contribution < 1.29 is 28.3 Å². The minimum Gasteiger partial charge on any atom is -0.427 e. The first-order valence-electron chi connectivity index (χ1n) is 9.44. The highest BCUT2D eigenvalue weighted by Gasteiger charge is 2.19. The zero-order valence-corrected chi connectivity index (χ0v) is 17.3. The van der Waals surface area contributed by atoms with Crippen molar-refractivity contribution in [3.8, 4) is 5.75 Å². The molecule has 1 unspecified atom stereocenters. The largest absolute Gasteiger partial charge is 0.427 e. The molecule has 1 aromatic carbocycles. The van der Waals surface area contributed by atoms with Gasteiger partial charge in [0.1, 0.15) is 5.75 Å². The van der Waals surface area contributed by atoms with Crippen LogP contribution in [0.5, 0.6) is 5.75 Å². The van der Waals surface area contributed by atoms with Gasteiger partial charge in [-0.3, -0.25) is 9.59 Å². The lowest BCUT2D eigenvalue weighted by molar-refractivity contribution is -0.126. The van der Waals surface area contributed by atoms with E-state index in [4.69, 9.17) is 9.79 Å². The van der Waals surface area contributed by atoms with E-state index in [9.17, 15) is 14.0 Å². The Kier molecular flexibility index (Phi) is 11.6. The molecule has 0 saturated carbocycles. The molecule has 158 valence electrons. The molecule has 0 spiro atoms. The molecule has 2 amide bonds. The fourth-order valence-corrected chi connectivity index (χ4v) is 2.83. The van der Waals surface area contributed by atoms with E-state index < -0.39 is 20.7 Å². The van der Waals surface area contributed by atoms with Gasteiger partial charge in [0.05, 0.1) is 0 Å². The Labute approximate surface area is 166 Å². The molecule has 0 fully saturated rings. The topological polar surface area (TPSA) is 108 Å². The van der Waals surface area contributed by atoms with Gasteiger partial charge in [0, 0.05) is 19.5 Å². The molecule has 0 saturated heterocycles. The van der Waals surface area contributed by atoms with E-state index in [2.05, 4.69) is 15.2 Å². The van der Waals surface area contributed by atoms with E-state index in [1.54, 1.807) is 0 Å². The van der Waals surface area contributed by atoms with Gasteiger partial charge in [0.2, 0.25) is 12.1 Å². The van der Waals surface area contributed by atoms with Crippen LogP contribution in [0.1, 0.15) is 57.7 Å². The number of nitrogens with one attached hydrogen (secondary N) is 2. The number of amides is 2. The molecule has 7 nitrogen and oxygen atoms in total. The molecule has 1 atom stereocenters. The maximum absolute atomic E-state index is 14.2. The van der Waals surface area contributed by atoms with Crippen LogP contribution in [0, 0.1) is 5.92 Å². The van der Waals surface area contributed by atoms with E-state index >= 15 is 0 Å². The van der Waals surface area contributed by atoms with Crippen LogP contribution in [0.3, 0.4) is 0 Å². The molecule has 0 heterocycles. The Hall–Kier alpha value is -1.76. The van der Waals surface area contributed by atoms with E-state index in [0.29, 0.717) is 25.4 Å². The van der Waals surface area contributed by atoms with Gasteiger partial charge in [-0.25, -0.2) is 4.39 Å². The molecule has 1 rings (SSSR count). The summed E-state index contributed by atoms with van der Waals surface area (Å²) in [7, 11) is -2.53. The number of carbonyl (C=O) groups is 2. The molecule has 0 radical (unpaired) electrons. The first-order chi connectivity index (χ1) is 13.3. The Morgan fingerprint density at radius 2 is 1.61 bits per heavy atom. The average Bonchev–Trinajstić information content (AvgIpc) is 2.62. The van der Waals surface area contributed by atoms with Crippen LogP contribution in [-0.2, 0) is 9.59 Å². The lowest BCUT2D eigenvalue weighted by Crippen LogP contribution is -2.28. The van der Waals surface area contributed by atoms with Gasteiger partial charge < -0.3 is 24.9 Å². The number of alkyl halides is 1. The summed E-state index contributed by atoms with van der Waals surface area (Å²) in [6.07, 6.45) is 2.17. The quantitative estimate of drug-likeness (QED) is 0.292. The summed E-state index contributed by atoms with van der Waals surface area (Å²) in [5.74, 6) is -0.0955. The lowest BCUT2D eigenvalue weighted by Gasteiger charge is -2.11. The molecule has 28 heavy (non-hydrogen) atoms. The zero-order chi connectivity index (χ0) is 20.9. The number of benzene rings is 1. The normalized spacial score (nSPS) is 12.1. The molecule has 0 aliphatic heterocycles. The first kappa shape index (κ1) is 24.3. The van der Waals surface area contributed by atoms with Gasteiger partial charge in [0.15, 0.2) is 0 Å². The molecule has 0 aliphatic rings. The molecule has 0 aromatic heterocycles. The first-order valence-corrected chi connectivity index (χ1v) is 10.6. The van der Waals surface area contributed by atoms with E-state index in [0.717, 1.165) is 25.7 Å². The van der Waals surface area contributed by atoms with E-state index in [1.807, 2.05) is 13.8 Å². The Morgan fingerprint density at radius 1 is 1.04 bits per heavy atom. The van der Waals surface area contributed by atoms with Gasteiger partial charge in [-0.1, -0.05) is 38.8 Å². The highest BCUT2D eigenvalue weighted by atomic mass is 31.2. The second-order valence-electron chi connectivity index (χ2n) is 6.93. The van der Waals surface area contributed by atoms with Gasteiger partial charge >= 0.3 is 8.60 Å². The van der Waals surface area contributed by atoms with Crippen molar-refractivity contribution in [2.75, 3.05) is 13.1 Å². The Balaban J connectivity index is 2.15. The van der Waals surface area contributed by atoms with Gasteiger partial charge in [-0.15, -0.1) is 0 Å². The summed E-state index contributed by atoms with van der Waals surface area (Å²) in [6, 6.07) is 5.48. The number of unbranched alkanes of at least 4 members (excludes halogenated alkanes) is 3. The Bertz CT molecular complexity index is 598. The van der Waals surface area contributed by atoms with Crippen molar-refractivity contribution in [2.24, 2.45) is 5.92 Å². The number of hydrogen-bond donors (Lipinski definition) is 4. The van der Waals surface area contributed by atoms with Gasteiger partial charge in [0.25, 0.3) is 5.91 Å². The van der Waals surface area contributed by atoms with Crippen molar-refractivity contribution in [1.82, 2.24) is 10.6 Å². The van der Waals surface area contributed by atoms with E-state index in [-0.39, 0.29) is 17.2 Å². The molecular formula is C19H30FN2O5P. The SMILES string of the molecule is CC(C)CC(=O)NCCCCCCNC(=O)C(F)c1ccc(OP(O)O)cc1. The summed E-state index contributed by atoms with van der Waals surface area (Å²) in [5, 5.41) is 5.44. The summed E-state index contributed by atoms with van der Waals surface area (Å²) in [6.45, 7) is 5.04. The number of halogens is 1. The van der Waals surface area contributed by atoms with Crippen molar-refractivity contribution >= 4 is 20.4 Å². The number of hydrogen-bond acceptors (Lipinski definition) is 5. The second kappa shape index (κ2) is 13.4. The molecule has 1 aromatic rings. The van der Waals surface area contributed by atoms with Crippen LogP contribution in [0.25, 0.3) is 0 Å². The standard InChI is InChI=1S/C19H30FN2O5P/c1-14(2)13-17(23)21-11-5-3-4-6-12-22-19(24)18(20)15-7-9-16(10-8-15)27-28(25)26/h7-10,14,18,25-26H,3-6,11-13H2,1-2H3,(H,21,23)(H,22,24). The predicted molar refractivity (Wildman–Crippen MR) is 106 cm³/mol. The van der Waals surface area contributed by atoms with Crippen molar-refractivity contribution in [2.45, 2.75) is 52.1 Å². The summed E-state index contributed by atoms with van der Waals surface area (Å²) < 4.78 is 18.9. The summed E-state index contributed by atoms with van der Waals surface area (Å²) in [5.41, 5.74) is 0.169. The molecular weight excluding hydrogens is 386 g/mol. The van der Waals surface area contributed by atoms with Crippen LogP contribution in [-0.4, -0.2) is 34.7 Å². The molecule has 0 aliphatic carbocycles. The van der Waals surface area contributed by atoms with E-state index in [1.165, 1.54) is 24.3 Å². The van der Waals surface area contributed by atoms with Crippen molar-refractivity contribution in [3.63, 3.8) is 0 Å². The average molecular weight is 416 g/mol. The summed E-state index contributed by atoms with van der Waals surface area (Å²) >= 11 is 0. The fourth-order valence-electron chi connectivity index (χ4n) is 2.52. The van der Waals surface area contributed by atoms with Gasteiger partial charge in [-0.2, -0.15) is 0 Å². The van der Waals surface area contributed by atoms with Crippen molar-refractivity contribution in [1.29, 1.82) is 0 Å². The number of rotatable bonds is 13. The van der Waals surface area contributed by atoms with Crippen LogP contribution >= 0.6 is 8.60 Å². The smallest absolute Gasteiger partial charge is 0.391 e. The molecule has 9 heteroatoms. The lowest BCUT2D eigenvalue weighted by atomic mass is 10.1. The van der Waals surface area contributed by atoms with Crippen molar-refractivity contribution in [3.05, 3.63) is 29.8 Å². The molecule has 4 N–H and O–H groups in total. The van der Waals surface area contributed by atoms with Crippen LogP contribution in [0.15, 0.2) is 24.3 Å². The minimum atomic E-state index is -2.53. The monoisotopic (exact) mass is 416 g/mol. The maximum Gasteiger partial charge on any atom is 0.391 e. The second-order valence-corrected chi connectivity index (χ2v) is 7.62. The highest BCUT2D eigenvalue weighted by Crippen LogP contribution is 2.30. The highest BCUT2D eigenvalue weighted by molar-refractivity contribution is 7.39. The van der Waals surface area contributed by atoms with Crippen LogP contribution in [0.2, 0.25) is 0 Å². The van der Waals surface area contributed by atoms with Crippen LogP contribution in [0.4, 0.5) is 4.39 Å². The minimum absolute atomic E-state index is 0.0735. The third-order valence-electron chi connectivity index (χ3n) is 3.91. The predicted octanol–water partition coefficient (Wildman–Crippen LogP) is 3.13. The fraction of sp³-hybridized carbons (Fsp3) is 0.579. The zero-order valence-electron chi connectivity index (χ0n) is 16.4. The molecule has 0 bridgehead atoms. The van der Waals surface area contributed by atoms with Gasteiger partial charge in [-0.05, 0) is 36.5 Å². The Morgan fingerprint density at radius 3 is 2.14 bits per heavy atom.